The van der Waals surface area contributed by atoms with Crippen LogP contribution in [0.2, 0.25) is 0 Å². The number of carbonyl (C=O) groups excluding carboxylic acids is 2. The number of para-hydroxylation sites is 2. The van der Waals surface area contributed by atoms with Crippen LogP contribution in [0.3, 0.4) is 0 Å². The molecule has 4 aromatic rings. The van der Waals surface area contributed by atoms with Gasteiger partial charge in [0, 0.05) is 35.5 Å². The molecule has 3 heterocycles. The van der Waals surface area contributed by atoms with Gasteiger partial charge in [0.15, 0.2) is 17.0 Å². The third-order valence-electron chi connectivity index (χ3n) is 8.00. The highest BCUT2D eigenvalue weighted by atomic mass is 19.1. The Hall–Kier alpha value is -4.33. The third-order valence-corrected chi connectivity index (χ3v) is 8.00. The lowest BCUT2D eigenvalue weighted by Gasteiger charge is -2.51. The number of hydrogen-bond donors (Lipinski definition) is 1. The van der Waals surface area contributed by atoms with Gasteiger partial charge in [-0.1, -0.05) is 42.5 Å². The Morgan fingerprint density at radius 3 is 2.56 bits per heavy atom. The van der Waals surface area contributed by atoms with E-state index in [4.69, 9.17) is 9.47 Å². The number of amides is 2. The minimum Gasteiger partial charge on any atom is -0.493 e. The number of ether oxygens (including phenoxy) is 2. The predicted octanol–water partition coefficient (Wildman–Crippen LogP) is 4.95. The smallest absolute Gasteiger partial charge is 0.255 e. The Morgan fingerprint density at radius 1 is 1.05 bits per heavy atom. The predicted molar refractivity (Wildman–Crippen MR) is 145 cm³/mol. The summed E-state index contributed by atoms with van der Waals surface area (Å²) < 4.78 is 25.2. The molecule has 7 nitrogen and oxygen atoms in total. The molecular formula is C31H30FN3O4. The summed E-state index contributed by atoms with van der Waals surface area (Å²) in [6, 6.07) is 19.8. The fourth-order valence-electron chi connectivity index (χ4n) is 6.16. The number of aromatic nitrogens is 1. The number of rotatable bonds is 6. The summed E-state index contributed by atoms with van der Waals surface area (Å²) in [7, 11) is 1.61. The first-order chi connectivity index (χ1) is 18.9. The zero-order valence-corrected chi connectivity index (χ0v) is 22.2. The van der Waals surface area contributed by atoms with Crippen LogP contribution in [0.25, 0.3) is 10.9 Å². The van der Waals surface area contributed by atoms with Crippen LogP contribution in [0, 0.1) is 5.82 Å². The lowest BCUT2D eigenvalue weighted by molar-refractivity contribution is -0.166. The molecule has 1 saturated heterocycles. The first-order valence-electron chi connectivity index (χ1n) is 13.1. The second-order valence-corrected chi connectivity index (χ2v) is 10.2. The Bertz CT molecular complexity index is 1580. The molecule has 0 saturated carbocycles. The number of benzene rings is 3. The van der Waals surface area contributed by atoms with Gasteiger partial charge in [0.1, 0.15) is 12.4 Å². The topological polar surface area (TPSA) is 74.9 Å². The fourth-order valence-corrected chi connectivity index (χ4v) is 6.16. The van der Waals surface area contributed by atoms with Crippen molar-refractivity contribution in [2.24, 2.45) is 0 Å². The van der Waals surface area contributed by atoms with Gasteiger partial charge in [-0.25, -0.2) is 4.39 Å². The highest BCUT2D eigenvalue weighted by Gasteiger charge is 2.56. The molecule has 2 aliphatic rings. The number of fused-ring (bicyclic) bond motifs is 5. The van der Waals surface area contributed by atoms with Gasteiger partial charge in [0.2, 0.25) is 5.91 Å². The summed E-state index contributed by atoms with van der Waals surface area (Å²) in [6.07, 6.45) is 0. The number of hydrogen-bond acceptors (Lipinski definition) is 4. The summed E-state index contributed by atoms with van der Waals surface area (Å²) in [5.41, 5.74) is 3.00. The summed E-state index contributed by atoms with van der Waals surface area (Å²) in [4.78, 5) is 34.8. The van der Waals surface area contributed by atoms with Crippen LogP contribution in [0.1, 0.15) is 42.1 Å². The molecule has 0 bridgehead atoms. The maximum atomic E-state index is 14.2. The van der Waals surface area contributed by atoms with Gasteiger partial charge in [-0.05, 0) is 49.2 Å². The van der Waals surface area contributed by atoms with Crippen molar-refractivity contribution in [1.29, 1.82) is 0 Å². The first kappa shape index (κ1) is 25.0. The zero-order chi connectivity index (χ0) is 27.3. The van der Waals surface area contributed by atoms with Crippen molar-refractivity contribution >= 4 is 22.7 Å². The molecular weight excluding hydrogens is 497 g/mol. The number of nitrogens with one attached hydrogen (secondary N) is 1. The Kier molecular flexibility index (Phi) is 6.05. The molecule has 39 heavy (non-hydrogen) atoms. The molecule has 6 rings (SSSR count). The first-order valence-corrected chi connectivity index (χ1v) is 13.1. The maximum absolute atomic E-state index is 14.2. The molecule has 2 atom stereocenters. The molecule has 0 aliphatic carbocycles. The monoisotopic (exact) mass is 527 g/mol. The normalized spacial score (nSPS) is 20.7. The van der Waals surface area contributed by atoms with Crippen LogP contribution in [0.5, 0.6) is 11.5 Å². The third kappa shape index (κ3) is 3.85. The van der Waals surface area contributed by atoms with Crippen LogP contribution >= 0.6 is 0 Å². The van der Waals surface area contributed by atoms with E-state index in [0.29, 0.717) is 30.3 Å². The molecule has 0 spiro atoms. The molecule has 1 fully saturated rings. The van der Waals surface area contributed by atoms with Crippen molar-refractivity contribution in [2.45, 2.75) is 31.8 Å². The van der Waals surface area contributed by atoms with E-state index in [1.165, 1.54) is 12.1 Å². The molecule has 1 aromatic heterocycles. The number of carbonyl (C=O) groups is 2. The second-order valence-electron chi connectivity index (χ2n) is 10.2. The standard InChI is InChI=1S/C31H30FN3O4/c1-4-39-28-21(9-7-11-25(28)38-3)23-17-35-26(36)18-34(16-19-12-14-20(32)15-13-19)30(37)31(35,2)29-27(23)22-8-5-6-10-24(22)33-29/h5-15,23,33H,4,16-18H2,1-3H3. The van der Waals surface area contributed by atoms with E-state index in [9.17, 15) is 14.0 Å². The van der Waals surface area contributed by atoms with Gasteiger partial charge in [0.05, 0.1) is 19.4 Å². The van der Waals surface area contributed by atoms with E-state index in [1.807, 2.05) is 56.3 Å². The summed E-state index contributed by atoms with van der Waals surface area (Å²) >= 11 is 0. The van der Waals surface area contributed by atoms with Crippen molar-refractivity contribution < 1.29 is 23.5 Å². The summed E-state index contributed by atoms with van der Waals surface area (Å²) in [5.74, 6) is 0.351. The molecule has 2 unspecified atom stereocenters. The number of piperazine rings is 1. The van der Waals surface area contributed by atoms with Crippen LogP contribution in [0.15, 0.2) is 66.7 Å². The van der Waals surface area contributed by atoms with Gasteiger partial charge in [-0.15, -0.1) is 0 Å². The van der Waals surface area contributed by atoms with Crippen LogP contribution in [0.4, 0.5) is 4.39 Å². The zero-order valence-electron chi connectivity index (χ0n) is 22.2. The minimum atomic E-state index is -1.23. The van der Waals surface area contributed by atoms with E-state index in [0.717, 1.165) is 27.6 Å². The summed E-state index contributed by atoms with van der Waals surface area (Å²) in [5, 5.41) is 1.000. The van der Waals surface area contributed by atoms with Gasteiger partial charge < -0.3 is 24.3 Å². The van der Waals surface area contributed by atoms with Crippen LogP contribution in [-0.4, -0.2) is 53.4 Å². The highest BCUT2D eigenvalue weighted by molar-refractivity contribution is 6.01. The highest BCUT2D eigenvalue weighted by Crippen LogP contribution is 2.50. The van der Waals surface area contributed by atoms with Crippen molar-refractivity contribution in [3.05, 3.63) is 94.9 Å². The Balaban J connectivity index is 1.52. The average molecular weight is 528 g/mol. The van der Waals surface area contributed by atoms with Gasteiger partial charge in [-0.2, -0.15) is 0 Å². The molecule has 0 radical (unpaired) electrons. The lowest BCUT2D eigenvalue weighted by Crippen LogP contribution is -2.67. The van der Waals surface area contributed by atoms with Crippen LogP contribution in [-0.2, 0) is 21.7 Å². The number of nitrogens with zero attached hydrogens (tertiary/aromatic N) is 2. The van der Waals surface area contributed by atoms with Gasteiger partial charge in [-0.3, -0.25) is 9.59 Å². The number of halogens is 1. The largest absolute Gasteiger partial charge is 0.493 e. The maximum Gasteiger partial charge on any atom is 0.255 e. The van der Waals surface area contributed by atoms with Gasteiger partial charge in [0.25, 0.3) is 5.91 Å². The van der Waals surface area contributed by atoms with Gasteiger partial charge >= 0.3 is 0 Å². The SMILES string of the molecule is CCOc1c(OC)cccc1C1CN2C(=O)CN(Cc3ccc(F)cc3)C(=O)C2(C)c2[nH]c3ccccc3c21. The van der Waals surface area contributed by atoms with Crippen molar-refractivity contribution in [3.8, 4) is 11.5 Å². The minimum absolute atomic E-state index is 0.0511. The van der Waals surface area contributed by atoms with E-state index in [1.54, 1.807) is 29.0 Å². The van der Waals surface area contributed by atoms with Crippen molar-refractivity contribution in [1.82, 2.24) is 14.8 Å². The molecule has 2 amide bonds. The van der Waals surface area contributed by atoms with Crippen LogP contribution < -0.4 is 9.47 Å². The van der Waals surface area contributed by atoms with Crippen molar-refractivity contribution in [2.75, 3.05) is 26.8 Å². The van der Waals surface area contributed by atoms with E-state index in [-0.39, 0.29) is 36.6 Å². The fraction of sp³-hybridized carbons (Fsp3) is 0.290. The van der Waals surface area contributed by atoms with E-state index in [2.05, 4.69) is 4.98 Å². The molecule has 2 aliphatic heterocycles. The lowest BCUT2D eigenvalue weighted by atomic mass is 9.76. The van der Waals surface area contributed by atoms with E-state index >= 15 is 0 Å². The molecule has 200 valence electrons. The number of H-pyrrole nitrogens is 1. The number of methoxy groups -OCH3 is 1. The molecule has 1 N–H and O–H groups in total. The second kappa shape index (κ2) is 9.45. The Morgan fingerprint density at radius 2 is 1.82 bits per heavy atom. The summed E-state index contributed by atoms with van der Waals surface area (Å²) in [6.45, 7) is 4.69. The van der Waals surface area contributed by atoms with Crippen molar-refractivity contribution in [3.63, 3.8) is 0 Å². The quantitative estimate of drug-likeness (QED) is 0.385. The Labute approximate surface area is 226 Å². The molecule has 3 aromatic carbocycles. The number of aromatic amines is 1. The molecule has 8 heteroatoms. The average Bonchev–Trinajstić information content (AvgIpc) is 3.34. The van der Waals surface area contributed by atoms with E-state index < -0.39 is 5.54 Å².